The number of anilines is 1. The molecule has 2 fully saturated rings. The number of hydrogen-bond acceptors (Lipinski definition) is 5. The second-order valence-corrected chi connectivity index (χ2v) is 11.5. The summed E-state index contributed by atoms with van der Waals surface area (Å²) in [5.41, 5.74) is -2.30. The van der Waals surface area contributed by atoms with Crippen LogP contribution in [0, 0.1) is 17.7 Å². The fourth-order valence-corrected chi connectivity index (χ4v) is 7.56. The van der Waals surface area contributed by atoms with E-state index in [1.807, 2.05) is 0 Å². The van der Waals surface area contributed by atoms with Crippen LogP contribution in [0.25, 0.3) is 0 Å². The minimum atomic E-state index is -3.98. The number of halogens is 4. The molecule has 2 saturated carbocycles. The standard InChI is InChI=1S/C23H23ClF3NO5S/c24-18-5-1-12(22(30)28-15-4-6-19(25)17(10-15)21(26)27)7-20(18)34(32,33)16-8-13-2-3-14(9-16)23(13,31)11-29/h1,4-7,10,13-14,16,21,29,31H,2-3,8-9,11H2,(H,28,30)/t13-,14?,16-,23-/m1/s1. The normalized spacial score (nSPS) is 26.6. The van der Waals surface area contributed by atoms with Gasteiger partial charge in [-0.15, -0.1) is 0 Å². The summed E-state index contributed by atoms with van der Waals surface area (Å²) in [5.74, 6) is -2.60. The summed E-state index contributed by atoms with van der Waals surface area (Å²) in [7, 11) is -3.98. The van der Waals surface area contributed by atoms with E-state index in [2.05, 4.69) is 5.32 Å². The van der Waals surface area contributed by atoms with Gasteiger partial charge in [0.05, 0.1) is 32.9 Å². The van der Waals surface area contributed by atoms with Crippen molar-refractivity contribution in [3.05, 3.63) is 58.4 Å². The van der Waals surface area contributed by atoms with Gasteiger partial charge in [-0.05, 0) is 73.9 Å². The summed E-state index contributed by atoms with van der Waals surface area (Å²) in [6.45, 7) is -0.428. The Labute approximate surface area is 199 Å². The van der Waals surface area contributed by atoms with Crippen LogP contribution in [0.1, 0.15) is 48.0 Å². The topological polar surface area (TPSA) is 104 Å². The van der Waals surface area contributed by atoms with Gasteiger partial charge in [-0.2, -0.15) is 0 Å². The molecular formula is C23H23ClF3NO5S. The molecule has 0 radical (unpaired) electrons. The van der Waals surface area contributed by atoms with Crippen LogP contribution < -0.4 is 5.32 Å². The van der Waals surface area contributed by atoms with Crippen LogP contribution in [0.5, 0.6) is 0 Å². The van der Waals surface area contributed by atoms with Gasteiger partial charge in [0.2, 0.25) is 0 Å². The predicted octanol–water partition coefficient (Wildman–Crippen LogP) is 4.35. The van der Waals surface area contributed by atoms with Crippen LogP contribution in [0.3, 0.4) is 0 Å². The van der Waals surface area contributed by atoms with Gasteiger partial charge in [0.15, 0.2) is 9.84 Å². The zero-order valence-electron chi connectivity index (χ0n) is 17.8. The lowest BCUT2D eigenvalue weighted by Gasteiger charge is -2.41. The van der Waals surface area contributed by atoms with E-state index in [9.17, 15) is 36.6 Å². The van der Waals surface area contributed by atoms with Crippen molar-refractivity contribution in [2.75, 3.05) is 11.9 Å². The highest BCUT2D eigenvalue weighted by atomic mass is 35.5. The fourth-order valence-electron chi connectivity index (χ4n) is 5.16. The minimum absolute atomic E-state index is 0.0726. The van der Waals surface area contributed by atoms with Crippen molar-refractivity contribution in [1.82, 2.24) is 0 Å². The number of carbonyl (C=O) groups excluding carboxylic acids is 1. The van der Waals surface area contributed by atoms with Crippen molar-refractivity contribution in [1.29, 1.82) is 0 Å². The van der Waals surface area contributed by atoms with Gasteiger partial charge in [-0.3, -0.25) is 4.79 Å². The number of amides is 1. The Kier molecular flexibility index (Phi) is 6.71. The highest BCUT2D eigenvalue weighted by molar-refractivity contribution is 7.92. The van der Waals surface area contributed by atoms with Crippen molar-refractivity contribution in [3.63, 3.8) is 0 Å². The molecule has 34 heavy (non-hydrogen) atoms. The molecule has 2 aromatic rings. The van der Waals surface area contributed by atoms with Crippen LogP contribution >= 0.6 is 11.6 Å². The SMILES string of the molecule is O=C(Nc1ccc(F)c(C(F)F)c1)c1ccc(Cl)c(S(=O)(=O)[C@H]2CC3CC[C@H](C2)[C@]3(O)CO)c1. The Hall–Kier alpha value is -2.14. The van der Waals surface area contributed by atoms with E-state index >= 15 is 0 Å². The van der Waals surface area contributed by atoms with Crippen LogP contribution in [0.2, 0.25) is 5.02 Å². The van der Waals surface area contributed by atoms with Gasteiger partial charge in [-0.25, -0.2) is 21.6 Å². The van der Waals surface area contributed by atoms with E-state index in [1.165, 1.54) is 12.1 Å². The van der Waals surface area contributed by atoms with E-state index in [1.54, 1.807) is 0 Å². The third-order valence-electron chi connectivity index (χ3n) is 7.05. The van der Waals surface area contributed by atoms with Crippen molar-refractivity contribution < 1.29 is 36.6 Å². The number of rotatable bonds is 6. The number of aliphatic hydroxyl groups excluding tert-OH is 1. The van der Waals surface area contributed by atoms with Crippen molar-refractivity contribution in [3.8, 4) is 0 Å². The average Bonchev–Trinajstić information content (AvgIpc) is 2.96. The van der Waals surface area contributed by atoms with Crippen LogP contribution in [-0.4, -0.2) is 42.0 Å². The van der Waals surface area contributed by atoms with Crippen LogP contribution in [0.4, 0.5) is 18.9 Å². The van der Waals surface area contributed by atoms with Crippen molar-refractivity contribution in [2.45, 2.75) is 47.9 Å². The lowest BCUT2D eigenvalue weighted by Crippen LogP contribution is -2.50. The molecule has 0 aromatic heterocycles. The summed E-state index contributed by atoms with van der Waals surface area (Å²) >= 11 is 6.18. The molecule has 4 atom stereocenters. The molecule has 2 aliphatic rings. The molecule has 3 N–H and O–H groups in total. The maximum atomic E-state index is 13.5. The molecule has 2 aromatic carbocycles. The smallest absolute Gasteiger partial charge is 0.266 e. The van der Waals surface area contributed by atoms with Gasteiger partial charge >= 0.3 is 0 Å². The number of nitrogens with one attached hydrogen (secondary N) is 1. The Bertz CT molecular complexity index is 1210. The highest BCUT2D eigenvalue weighted by Gasteiger charge is 2.55. The Morgan fingerprint density at radius 2 is 1.79 bits per heavy atom. The quantitative estimate of drug-likeness (QED) is 0.528. The van der Waals surface area contributed by atoms with E-state index in [4.69, 9.17) is 11.6 Å². The maximum Gasteiger partial charge on any atom is 0.266 e. The first-order chi connectivity index (χ1) is 16.0. The summed E-state index contributed by atoms with van der Waals surface area (Å²) in [6, 6.07) is 6.42. The predicted molar refractivity (Wildman–Crippen MR) is 119 cm³/mol. The summed E-state index contributed by atoms with van der Waals surface area (Å²) < 4.78 is 66.3. The molecule has 0 aliphatic heterocycles. The number of sulfone groups is 1. The molecule has 2 aliphatic carbocycles. The largest absolute Gasteiger partial charge is 0.393 e. The Morgan fingerprint density at radius 1 is 1.15 bits per heavy atom. The van der Waals surface area contributed by atoms with E-state index in [0.717, 1.165) is 24.3 Å². The van der Waals surface area contributed by atoms with Crippen molar-refractivity contribution in [2.24, 2.45) is 11.8 Å². The second-order valence-electron chi connectivity index (χ2n) is 8.90. The third kappa shape index (κ3) is 4.32. The van der Waals surface area contributed by atoms with E-state index in [-0.39, 0.29) is 45.8 Å². The first kappa shape index (κ1) is 25.0. The number of alkyl halides is 2. The van der Waals surface area contributed by atoms with Gasteiger partial charge in [0, 0.05) is 11.3 Å². The third-order valence-corrected chi connectivity index (χ3v) is 9.71. The van der Waals surface area contributed by atoms with Gasteiger partial charge in [0.25, 0.3) is 12.3 Å². The molecule has 0 spiro atoms. The fraction of sp³-hybridized carbons (Fsp3) is 0.435. The second kappa shape index (κ2) is 9.14. The molecule has 11 heteroatoms. The van der Waals surface area contributed by atoms with E-state index in [0.29, 0.717) is 12.8 Å². The lowest BCUT2D eigenvalue weighted by molar-refractivity contribution is -0.0943. The molecule has 6 nitrogen and oxygen atoms in total. The Morgan fingerprint density at radius 3 is 2.38 bits per heavy atom. The molecule has 4 rings (SSSR count). The molecule has 0 heterocycles. The summed E-state index contributed by atoms with van der Waals surface area (Å²) in [4.78, 5) is 12.5. The number of fused-ring (bicyclic) bond motifs is 2. The average molecular weight is 518 g/mol. The molecule has 1 amide bonds. The molecule has 0 saturated heterocycles. The first-order valence-electron chi connectivity index (χ1n) is 10.7. The van der Waals surface area contributed by atoms with E-state index < -0.39 is 51.0 Å². The van der Waals surface area contributed by atoms with Gasteiger partial charge in [0.1, 0.15) is 5.82 Å². The number of benzene rings is 2. The first-order valence-corrected chi connectivity index (χ1v) is 12.7. The number of carbonyl (C=O) groups is 1. The highest BCUT2D eigenvalue weighted by Crippen LogP contribution is 2.51. The molecule has 184 valence electrons. The minimum Gasteiger partial charge on any atom is -0.393 e. The Balaban J connectivity index is 1.59. The van der Waals surface area contributed by atoms with Gasteiger partial charge in [-0.1, -0.05) is 11.6 Å². The maximum absolute atomic E-state index is 13.5. The van der Waals surface area contributed by atoms with Crippen LogP contribution in [0.15, 0.2) is 41.3 Å². The van der Waals surface area contributed by atoms with Crippen molar-refractivity contribution >= 4 is 33.0 Å². The molecule has 1 unspecified atom stereocenters. The van der Waals surface area contributed by atoms with Crippen LogP contribution in [-0.2, 0) is 9.84 Å². The zero-order valence-corrected chi connectivity index (χ0v) is 19.4. The number of aliphatic hydroxyl groups is 2. The zero-order chi connectivity index (χ0) is 24.8. The summed E-state index contributed by atoms with van der Waals surface area (Å²) in [6.07, 6.45) is -1.52. The lowest BCUT2D eigenvalue weighted by atomic mass is 9.75. The molecular weight excluding hydrogens is 495 g/mol. The molecule has 2 bridgehead atoms. The van der Waals surface area contributed by atoms with Gasteiger partial charge < -0.3 is 15.5 Å². The monoisotopic (exact) mass is 517 g/mol. The number of hydrogen-bond donors (Lipinski definition) is 3. The summed E-state index contributed by atoms with van der Waals surface area (Å²) in [5, 5.41) is 21.8.